The molecule has 0 aliphatic heterocycles. The molecule has 32 valence electrons. The van der Waals surface area contributed by atoms with E-state index in [1.807, 2.05) is 0 Å². The third kappa shape index (κ3) is 1080. The Kier molecular flexibility index (Phi) is 24.4. The molecule has 0 bridgehead atoms. The van der Waals surface area contributed by atoms with Gasteiger partial charge in [-0.2, -0.15) is 0 Å². The summed E-state index contributed by atoms with van der Waals surface area (Å²) in [5.74, 6) is 0. The summed E-state index contributed by atoms with van der Waals surface area (Å²) in [6.07, 6.45) is 0. The van der Waals surface area contributed by atoms with Gasteiger partial charge in [0, 0.05) is 0 Å². The molecule has 0 fully saturated rings. The zero-order valence-electron chi connectivity index (χ0n) is 2.67. The van der Waals surface area contributed by atoms with Crippen molar-refractivity contribution in [2.45, 2.75) is 7.43 Å². The minimum atomic E-state index is -1.75. The molecule has 0 aliphatic carbocycles. The molecule has 0 N–H and O–H groups in total. The Morgan fingerprint density at radius 1 is 1.33 bits per heavy atom. The fourth-order valence-corrected chi connectivity index (χ4v) is 0. The van der Waals surface area contributed by atoms with Crippen LogP contribution in [0.5, 0.6) is 0 Å². The van der Waals surface area contributed by atoms with Crippen LogP contribution in [-0.4, -0.2) is 5.09 Å². The Labute approximate surface area is 57.6 Å². The van der Waals surface area contributed by atoms with Crippen molar-refractivity contribution < 1.29 is 34.6 Å². The van der Waals surface area contributed by atoms with Gasteiger partial charge in [-0.15, -0.1) is 0 Å². The summed E-state index contributed by atoms with van der Waals surface area (Å²) < 4.78 is 0. The summed E-state index contributed by atoms with van der Waals surface area (Å²) >= 11 is 0. The number of rotatable bonds is 0. The van der Waals surface area contributed by atoms with Crippen LogP contribution in [0.3, 0.4) is 0 Å². The quantitative estimate of drug-likeness (QED) is 0.191. The number of nitrogens with zero attached hydrogens (tertiary/aromatic N) is 1. The van der Waals surface area contributed by atoms with Crippen LogP contribution in [0, 0.1) is 15.3 Å². The molecule has 0 amide bonds. The van der Waals surface area contributed by atoms with E-state index in [0.717, 1.165) is 0 Å². The van der Waals surface area contributed by atoms with E-state index in [9.17, 15) is 0 Å². The molecular formula is CH4NNaO3. The molecule has 5 heteroatoms. The van der Waals surface area contributed by atoms with Crippen molar-refractivity contribution in [1.29, 1.82) is 0 Å². The van der Waals surface area contributed by atoms with Crippen molar-refractivity contribution in [1.82, 2.24) is 0 Å². The molecule has 0 aromatic heterocycles. The van der Waals surface area contributed by atoms with E-state index in [4.69, 9.17) is 15.3 Å². The van der Waals surface area contributed by atoms with Crippen molar-refractivity contribution in [3.8, 4) is 0 Å². The summed E-state index contributed by atoms with van der Waals surface area (Å²) in [5, 5.41) is 14.8. The normalized spacial score (nSPS) is 4.00. The zero-order valence-corrected chi connectivity index (χ0v) is 4.67. The standard InChI is InChI=1S/CH4.NO3.Na/c;2-1(3)4;/h1H4;;/q;-1;+1. The van der Waals surface area contributed by atoms with Gasteiger partial charge >= 0.3 is 29.6 Å². The maximum Gasteiger partial charge on any atom is 1.00 e. The fraction of sp³-hybridized carbons (Fsp3) is 1.00. The molecule has 0 unspecified atom stereocenters. The molecule has 0 aromatic rings. The average Bonchev–Trinajstić information content (AvgIpc) is 0.811. The Morgan fingerprint density at radius 3 is 1.33 bits per heavy atom. The molecule has 0 rings (SSSR count). The van der Waals surface area contributed by atoms with E-state index < -0.39 is 5.09 Å². The van der Waals surface area contributed by atoms with E-state index in [2.05, 4.69) is 0 Å². The summed E-state index contributed by atoms with van der Waals surface area (Å²) in [5.41, 5.74) is 0. The van der Waals surface area contributed by atoms with E-state index in [-0.39, 0.29) is 37.0 Å². The minimum absolute atomic E-state index is 0. The molecule has 0 saturated carbocycles. The smallest absolute Gasteiger partial charge is 0.356 e. The van der Waals surface area contributed by atoms with E-state index >= 15 is 0 Å². The van der Waals surface area contributed by atoms with Crippen LogP contribution >= 0.6 is 0 Å². The van der Waals surface area contributed by atoms with Gasteiger partial charge in [0.2, 0.25) is 0 Å². The first-order valence-corrected chi connectivity index (χ1v) is 0.548. The third-order valence-electron chi connectivity index (χ3n) is 0. The minimum Gasteiger partial charge on any atom is -0.356 e. The summed E-state index contributed by atoms with van der Waals surface area (Å²) in [6.45, 7) is 0. The van der Waals surface area contributed by atoms with Crippen molar-refractivity contribution in [3.63, 3.8) is 0 Å². The predicted molar refractivity (Wildman–Crippen MR) is 17.1 cm³/mol. The molecule has 0 atom stereocenters. The average molecular weight is 101 g/mol. The van der Waals surface area contributed by atoms with Gasteiger partial charge in [-0.05, 0) is 0 Å². The van der Waals surface area contributed by atoms with Crippen LogP contribution < -0.4 is 29.6 Å². The molecule has 6 heavy (non-hydrogen) atoms. The SMILES string of the molecule is C.O=[N+]([O-])[O-].[Na+]. The van der Waals surface area contributed by atoms with Crippen molar-refractivity contribution >= 4 is 0 Å². The molecule has 0 heterocycles. The first-order valence-electron chi connectivity index (χ1n) is 0.548. The van der Waals surface area contributed by atoms with Crippen LogP contribution in [0.4, 0.5) is 0 Å². The molecule has 0 aliphatic rings. The number of hydrogen-bond acceptors (Lipinski definition) is 3. The van der Waals surface area contributed by atoms with Gasteiger partial charge in [0.15, 0.2) is 0 Å². The fourth-order valence-electron chi connectivity index (χ4n) is 0. The molecule has 0 spiro atoms. The molecular weight excluding hydrogens is 97.0 g/mol. The van der Waals surface area contributed by atoms with Gasteiger partial charge in [0.25, 0.3) is 0 Å². The van der Waals surface area contributed by atoms with Gasteiger partial charge in [-0.25, -0.2) is 0 Å². The van der Waals surface area contributed by atoms with Crippen LogP contribution in [0.1, 0.15) is 7.43 Å². The van der Waals surface area contributed by atoms with E-state index in [1.54, 1.807) is 0 Å². The van der Waals surface area contributed by atoms with Crippen LogP contribution in [0.25, 0.3) is 0 Å². The van der Waals surface area contributed by atoms with Gasteiger partial charge in [-0.3, -0.25) is 0 Å². The van der Waals surface area contributed by atoms with Crippen LogP contribution in [0.2, 0.25) is 0 Å². The number of hydrogen-bond donors (Lipinski definition) is 0. The van der Waals surface area contributed by atoms with Crippen molar-refractivity contribution in [3.05, 3.63) is 15.3 Å². The van der Waals surface area contributed by atoms with Crippen molar-refractivity contribution in [2.24, 2.45) is 0 Å². The van der Waals surface area contributed by atoms with Gasteiger partial charge in [-0.1, -0.05) is 7.43 Å². The molecule has 4 nitrogen and oxygen atoms in total. The first-order chi connectivity index (χ1) is 1.73. The monoisotopic (exact) mass is 101 g/mol. The molecule has 0 radical (unpaired) electrons. The van der Waals surface area contributed by atoms with Gasteiger partial charge < -0.3 is 15.3 Å². The van der Waals surface area contributed by atoms with Crippen LogP contribution in [0.15, 0.2) is 0 Å². The summed E-state index contributed by atoms with van der Waals surface area (Å²) in [7, 11) is 0. The van der Waals surface area contributed by atoms with E-state index in [1.165, 1.54) is 0 Å². The second-order valence-electron chi connectivity index (χ2n) is 0.224. The second-order valence-corrected chi connectivity index (χ2v) is 0.224. The Morgan fingerprint density at radius 2 is 1.33 bits per heavy atom. The Hall–Kier alpha value is 0.200. The Bertz CT molecular complexity index is 33.8. The molecule has 0 aromatic carbocycles. The third-order valence-corrected chi connectivity index (χ3v) is 0. The second kappa shape index (κ2) is 8.96. The maximum atomic E-state index is 8.25. The molecule has 0 saturated heterocycles. The largest absolute Gasteiger partial charge is 1.00 e. The Balaban J connectivity index is -0.0000000450. The summed E-state index contributed by atoms with van der Waals surface area (Å²) in [6, 6.07) is 0. The topological polar surface area (TPSA) is 66.2 Å². The van der Waals surface area contributed by atoms with E-state index in [0.29, 0.717) is 0 Å². The van der Waals surface area contributed by atoms with Crippen LogP contribution in [-0.2, 0) is 0 Å². The van der Waals surface area contributed by atoms with Gasteiger partial charge in [0.05, 0.1) is 5.09 Å². The van der Waals surface area contributed by atoms with Crippen molar-refractivity contribution in [2.75, 3.05) is 0 Å². The predicted octanol–water partition coefficient (Wildman–Crippen LogP) is -2.60. The zero-order chi connectivity index (χ0) is 3.58. The maximum absolute atomic E-state index is 8.25. The van der Waals surface area contributed by atoms with Gasteiger partial charge in [0.1, 0.15) is 0 Å². The summed E-state index contributed by atoms with van der Waals surface area (Å²) in [4.78, 5) is 8.25. The first kappa shape index (κ1) is 16.4.